The highest BCUT2D eigenvalue weighted by molar-refractivity contribution is 7.99. The molecule has 1 aromatic heterocycles. The van der Waals surface area contributed by atoms with Crippen LogP contribution in [0.15, 0.2) is 5.16 Å². The fourth-order valence-electron chi connectivity index (χ4n) is 1.72. The quantitative estimate of drug-likeness (QED) is 0.632. The van der Waals surface area contributed by atoms with Crippen molar-refractivity contribution < 1.29 is 5.11 Å². The first-order valence-corrected chi connectivity index (χ1v) is 7.04. The van der Waals surface area contributed by atoms with Crippen molar-refractivity contribution in [3.63, 3.8) is 0 Å². The monoisotopic (exact) mass is 269 g/mol. The van der Waals surface area contributed by atoms with E-state index in [1.807, 2.05) is 20.8 Å². The Labute approximate surface area is 113 Å². The summed E-state index contributed by atoms with van der Waals surface area (Å²) in [6.07, 6.45) is 0.628. The standard InChI is InChI=1S/C13H23N3OS/c1-8(6-13(5,17)7-14)18-12-15-10(3)9(2)11(4)16-12/h8,17H,6-7,14H2,1-5H3. The summed E-state index contributed by atoms with van der Waals surface area (Å²) < 4.78 is 0. The van der Waals surface area contributed by atoms with Crippen LogP contribution in [0, 0.1) is 20.8 Å². The molecular formula is C13H23N3OS. The van der Waals surface area contributed by atoms with Gasteiger partial charge in [0.15, 0.2) is 5.16 Å². The predicted octanol–water partition coefficient (Wildman–Crippen LogP) is 1.98. The van der Waals surface area contributed by atoms with E-state index < -0.39 is 5.60 Å². The minimum absolute atomic E-state index is 0.227. The molecule has 0 aromatic carbocycles. The number of aryl methyl sites for hydroxylation is 2. The lowest BCUT2D eigenvalue weighted by molar-refractivity contribution is 0.0608. The molecule has 5 heteroatoms. The predicted molar refractivity (Wildman–Crippen MR) is 75.9 cm³/mol. The lowest BCUT2D eigenvalue weighted by Crippen LogP contribution is -2.36. The van der Waals surface area contributed by atoms with Crippen molar-refractivity contribution in [1.29, 1.82) is 0 Å². The van der Waals surface area contributed by atoms with Crippen LogP contribution >= 0.6 is 11.8 Å². The van der Waals surface area contributed by atoms with E-state index >= 15 is 0 Å². The molecule has 3 N–H and O–H groups in total. The van der Waals surface area contributed by atoms with Gasteiger partial charge in [-0.2, -0.15) is 0 Å². The van der Waals surface area contributed by atoms with E-state index in [2.05, 4.69) is 16.9 Å². The van der Waals surface area contributed by atoms with Gasteiger partial charge in [0.1, 0.15) is 0 Å². The van der Waals surface area contributed by atoms with E-state index in [1.165, 1.54) is 0 Å². The first-order valence-electron chi connectivity index (χ1n) is 6.16. The van der Waals surface area contributed by atoms with E-state index in [0.29, 0.717) is 6.42 Å². The van der Waals surface area contributed by atoms with Crippen molar-refractivity contribution in [2.75, 3.05) is 6.54 Å². The first kappa shape index (κ1) is 15.4. The highest BCUT2D eigenvalue weighted by atomic mass is 32.2. The molecule has 102 valence electrons. The second-order valence-electron chi connectivity index (χ2n) is 5.14. The van der Waals surface area contributed by atoms with Gasteiger partial charge in [-0.05, 0) is 39.7 Å². The van der Waals surface area contributed by atoms with E-state index in [-0.39, 0.29) is 11.8 Å². The number of thioether (sulfide) groups is 1. The highest BCUT2D eigenvalue weighted by Gasteiger charge is 2.22. The number of hydrogen-bond acceptors (Lipinski definition) is 5. The number of hydrogen-bond donors (Lipinski definition) is 2. The third-order valence-electron chi connectivity index (χ3n) is 3.09. The Balaban J connectivity index is 2.74. The van der Waals surface area contributed by atoms with E-state index in [0.717, 1.165) is 22.1 Å². The Morgan fingerprint density at radius 2 is 1.78 bits per heavy atom. The normalized spacial score (nSPS) is 16.4. The van der Waals surface area contributed by atoms with E-state index in [9.17, 15) is 5.11 Å². The molecule has 0 radical (unpaired) electrons. The van der Waals surface area contributed by atoms with Crippen LogP contribution < -0.4 is 5.73 Å². The van der Waals surface area contributed by atoms with Crippen molar-refractivity contribution in [2.24, 2.45) is 5.73 Å². The molecule has 4 nitrogen and oxygen atoms in total. The number of rotatable bonds is 5. The minimum Gasteiger partial charge on any atom is -0.389 e. The molecule has 0 aliphatic heterocycles. The molecule has 1 heterocycles. The number of aromatic nitrogens is 2. The van der Waals surface area contributed by atoms with Crippen LogP contribution in [0.25, 0.3) is 0 Å². The summed E-state index contributed by atoms with van der Waals surface area (Å²) in [6, 6.07) is 0. The average Bonchev–Trinajstić information content (AvgIpc) is 2.25. The summed E-state index contributed by atoms with van der Waals surface area (Å²) in [7, 11) is 0. The summed E-state index contributed by atoms with van der Waals surface area (Å²) in [4.78, 5) is 8.94. The molecule has 0 bridgehead atoms. The molecule has 1 rings (SSSR count). The first-order chi connectivity index (χ1) is 8.25. The molecular weight excluding hydrogens is 246 g/mol. The molecule has 0 amide bonds. The molecule has 18 heavy (non-hydrogen) atoms. The Bertz CT molecular complexity index is 398. The molecule has 2 unspecified atom stereocenters. The van der Waals surface area contributed by atoms with Crippen LogP contribution in [-0.4, -0.2) is 32.5 Å². The lowest BCUT2D eigenvalue weighted by atomic mass is 10.0. The molecule has 0 saturated carbocycles. The van der Waals surface area contributed by atoms with Crippen molar-refractivity contribution in [3.8, 4) is 0 Å². The Hall–Kier alpha value is -0.650. The van der Waals surface area contributed by atoms with Gasteiger partial charge < -0.3 is 10.8 Å². The van der Waals surface area contributed by atoms with Gasteiger partial charge in [-0.1, -0.05) is 18.7 Å². The summed E-state index contributed by atoms with van der Waals surface area (Å²) in [5.74, 6) is 0. The second kappa shape index (κ2) is 5.99. The summed E-state index contributed by atoms with van der Waals surface area (Å²) in [5, 5.41) is 10.9. The van der Waals surface area contributed by atoms with Gasteiger partial charge in [-0.25, -0.2) is 9.97 Å². The van der Waals surface area contributed by atoms with Gasteiger partial charge in [-0.15, -0.1) is 0 Å². The van der Waals surface area contributed by atoms with Crippen molar-refractivity contribution in [3.05, 3.63) is 17.0 Å². The van der Waals surface area contributed by atoms with Crippen LogP contribution in [0.5, 0.6) is 0 Å². The number of nitrogens with two attached hydrogens (primary N) is 1. The van der Waals surface area contributed by atoms with Gasteiger partial charge in [0.2, 0.25) is 0 Å². The Morgan fingerprint density at radius 3 is 2.22 bits per heavy atom. The highest BCUT2D eigenvalue weighted by Crippen LogP contribution is 2.27. The second-order valence-corrected chi connectivity index (χ2v) is 6.54. The molecule has 2 atom stereocenters. The molecule has 1 aromatic rings. The third-order valence-corrected chi connectivity index (χ3v) is 4.05. The smallest absolute Gasteiger partial charge is 0.188 e. The topological polar surface area (TPSA) is 72.0 Å². The van der Waals surface area contributed by atoms with Gasteiger partial charge in [0.05, 0.1) is 5.60 Å². The Kier molecular flexibility index (Phi) is 5.13. The number of nitrogens with zero attached hydrogens (tertiary/aromatic N) is 2. The van der Waals surface area contributed by atoms with Gasteiger partial charge in [-0.3, -0.25) is 0 Å². The van der Waals surface area contributed by atoms with Gasteiger partial charge in [0.25, 0.3) is 0 Å². The summed E-state index contributed by atoms with van der Waals surface area (Å²) in [6.45, 7) is 10.1. The Morgan fingerprint density at radius 1 is 1.28 bits per heavy atom. The van der Waals surface area contributed by atoms with E-state index in [4.69, 9.17) is 5.73 Å². The fraction of sp³-hybridized carbons (Fsp3) is 0.692. The molecule has 0 saturated heterocycles. The zero-order chi connectivity index (χ0) is 13.9. The maximum atomic E-state index is 9.95. The van der Waals surface area contributed by atoms with Gasteiger partial charge in [0, 0.05) is 23.2 Å². The fourth-order valence-corrected chi connectivity index (χ4v) is 2.90. The van der Waals surface area contributed by atoms with Gasteiger partial charge >= 0.3 is 0 Å². The minimum atomic E-state index is -0.818. The van der Waals surface area contributed by atoms with Crippen LogP contribution in [0.1, 0.15) is 37.2 Å². The van der Waals surface area contributed by atoms with Crippen LogP contribution in [0.4, 0.5) is 0 Å². The largest absolute Gasteiger partial charge is 0.389 e. The summed E-state index contributed by atoms with van der Waals surface area (Å²) >= 11 is 1.59. The summed E-state index contributed by atoms with van der Waals surface area (Å²) in [5.41, 5.74) is 7.88. The van der Waals surface area contributed by atoms with Crippen LogP contribution in [0.3, 0.4) is 0 Å². The molecule has 0 aliphatic carbocycles. The maximum Gasteiger partial charge on any atom is 0.188 e. The molecule has 0 aliphatic rings. The number of aliphatic hydroxyl groups is 1. The zero-order valence-corrected chi connectivity index (χ0v) is 12.6. The average molecular weight is 269 g/mol. The SMILES string of the molecule is Cc1nc(SC(C)CC(C)(O)CN)nc(C)c1C. The van der Waals surface area contributed by atoms with Crippen LogP contribution in [0.2, 0.25) is 0 Å². The van der Waals surface area contributed by atoms with Crippen molar-refractivity contribution >= 4 is 11.8 Å². The maximum absolute atomic E-state index is 9.95. The molecule has 0 spiro atoms. The van der Waals surface area contributed by atoms with E-state index in [1.54, 1.807) is 18.7 Å². The van der Waals surface area contributed by atoms with Crippen molar-refractivity contribution in [2.45, 2.75) is 57.0 Å². The third kappa shape index (κ3) is 4.23. The zero-order valence-electron chi connectivity index (χ0n) is 11.8. The molecule has 0 fully saturated rings. The lowest BCUT2D eigenvalue weighted by Gasteiger charge is -2.24. The van der Waals surface area contributed by atoms with Crippen LogP contribution in [-0.2, 0) is 0 Å². The van der Waals surface area contributed by atoms with Crippen molar-refractivity contribution in [1.82, 2.24) is 9.97 Å².